The second-order valence-corrected chi connectivity index (χ2v) is 7.60. The van der Waals surface area contributed by atoms with Crippen LogP contribution in [0.3, 0.4) is 0 Å². The minimum Gasteiger partial charge on any atom is -0.497 e. The van der Waals surface area contributed by atoms with Crippen molar-refractivity contribution in [2.45, 2.75) is 18.2 Å². The van der Waals surface area contributed by atoms with Crippen molar-refractivity contribution in [2.75, 3.05) is 18.6 Å². The highest BCUT2D eigenvalue weighted by Gasteiger charge is 2.67. The molecular weight excluding hydrogens is 370 g/mol. The molecule has 2 bridgehead atoms. The van der Waals surface area contributed by atoms with E-state index in [9.17, 15) is 9.59 Å². The van der Waals surface area contributed by atoms with Crippen molar-refractivity contribution in [3.63, 3.8) is 0 Å². The molecule has 1 spiro atoms. The summed E-state index contributed by atoms with van der Waals surface area (Å²) in [6.45, 7) is 0.800. The molecule has 5 rings (SSSR count). The maximum atomic E-state index is 13.3. The van der Waals surface area contributed by atoms with Gasteiger partial charge in [-0.05, 0) is 42.0 Å². The van der Waals surface area contributed by atoms with E-state index < -0.39 is 17.4 Å². The molecule has 148 valence electrons. The van der Waals surface area contributed by atoms with Crippen LogP contribution in [0.5, 0.6) is 5.75 Å². The van der Waals surface area contributed by atoms with Crippen LogP contribution in [0.25, 0.3) is 0 Å². The van der Waals surface area contributed by atoms with Gasteiger partial charge < -0.3 is 19.7 Å². The molecule has 29 heavy (non-hydrogen) atoms. The molecule has 2 amide bonds. The molecule has 0 saturated carbocycles. The fourth-order valence-electron chi connectivity index (χ4n) is 4.59. The standard InChI is InChI=1S/C22H21N3O4/c1-28-16-4-2-15(3-5-16)25-13-22-9-6-17(29-22)18(19(22)21(25)27)20(26)24-12-14-7-10-23-11-8-14/h2-11,17-19H,12-13H2,1H3,(H,24,26)/t17?,18?,19?,22-/m1/s1. The maximum absolute atomic E-state index is 13.3. The summed E-state index contributed by atoms with van der Waals surface area (Å²) < 4.78 is 11.4. The van der Waals surface area contributed by atoms with E-state index in [0.717, 1.165) is 17.0 Å². The Kier molecular flexibility index (Phi) is 4.13. The summed E-state index contributed by atoms with van der Waals surface area (Å²) in [5.41, 5.74) is 0.997. The summed E-state index contributed by atoms with van der Waals surface area (Å²) >= 11 is 0. The quantitative estimate of drug-likeness (QED) is 0.785. The Morgan fingerprint density at radius 3 is 2.76 bits per heavy atom. The molecule has 3 aliphatic rings. The number of rotatable bonds is 5. The number of ether oxygens (including phenoxy) is 2. The Balaban J connectivity index is 1.37. The highest BCUT2D eigenvalue weighted by atomic mass is 16.5. The first-order valence-electron chi connectivity index (χ1n) is 9.60. The highest BCUT2D eigenvalue weighted by Crippen LogP contribution is 2.52. The Hall–Kier alpha value is -3.19. The number of anilines is 1. The zero-order valence-electron chi connectivity index (χ0n) is 15.9. The first-order valence-corrected chi connectivity index (χ1v) is 9.60. The zero-order valence-corrected chi connectivity index (χ0v) is 15.9. The fourth-order valence-corrected chi connectivity index (χ4v) is 4.59. The van der Waals surface area contributed by atoms with E-state index in [2.05, 4.69) is 10.3 Å². The first kappa shape index (κ1) is 17.9. The molecule has 3 aliphatic heterocycles. The second kappa shape index (κ2) is 6.70. The number of nitrogens with one attached hydrogen (secondary N) is 1. The summed E-state index contributed by atoms with van der Waals surface area (Å²) in [6, 6.07) is 11.0. The van der Waals surface area contributed by atoms with Crippen LogP contribution in [0, 0.1) is 11.8 Å². The van der Waals surface area contributed by atoms with Crippen LogP contribution in [-0.4, -0.2) is 42.2 Å². The Labute approximate surface area is 168 Å². The lowest BCUT2D eigenvalue weighted by Gasteiger charge is -2.23. The maximum Gasteiger partial charge on any atom is 0.234 e. The molecule has 0 radical (unpaired) electrons. The highest BCUT2D eigenvalue weighted by molar-refractivity contribution is 6.03. The predicted molar refractivity (Wildman–Crippen MR) is 105 cm³/mol. The molecule has 2 saturated heterocycles. The molecule has 3 unspecified atom stereocenters. The van der Waals surface area contributed by atoms with Crippen LogP contribution in [0.1, 0.15) is 5.56 Å². The number of benzene rings is 1. The number of methoxy groups -OCH3 is 1. The average Bonchev–Trinajstić information content (AvgIpc) is 3.41. The SMILES string of the molecule is COc1ccc(N2C[C@@]34C=CC(O3)C(C(=O)NCc3ccncc3)C4C2=O)cc1. The monoisotopic (exact) mass is 391 g/mol. The van der Waals surface area contributed by atoms with Crippen molar-refractivity contribution in [1.82, 2.24) is 10.3 Å². The fraction of sp³-hybridized carbons (Fsp3) is 0.318. The van der Waals surface area contributed by atoms with E-state index >= 15 is 0 Å². The number of aromatic nitrogens is 1. The van der Waals surface area contributed by atoms with Gasteiger partial charge in [-0.2, -0.15) is 0 Å². The number of nitrogens with zero attached hydrogens (tertiary/aromatic N) is 2. The van der Waals surface area contributed by atoms with Crippen molar-refractivity contribution < 1.29 is 19.1 Å². The summed E-state index contributed by atoms with van der Waals surface area (Å²) in [5, 5.41) is 2.96. The van der Waals surface area contributed by atoms with Gasteiger partial charge in [0.15, 0.2) is 0 Å². The summed E-state index contributed by atoms with van der Waals surface area (Å²) in [7, 11) is 1.60. The number of hydrogen-bond acceptors (Lipinski definition) is 5. The molecule has 4 heterocycles. The predicted octanol–water partition coefficient (Wildman–Crippen LogP) is 1.69. The molecule has 4 atom stereocenters. The van der Waals surface area contributed by atoms with Crippen molar-refractivity contribution in [3.05, 3.63) is 66.5 Å². The normalized spacial score (nSPS) is 29.2. The number of hydrogen-bond donors (Lipinski definition) is 1. The molecule has 2 fully saturated rings. The van der Waals surface area contributed by atoms with Gasteiger partial charge in [-0.1, -0.05) is 12.2 Å². The molecule has 7 heteroatoms. The largest absolute Gasteiger partial charge is 0.497 e. The third-order valence-electron chi connectivity index (χ3n) is 6.00. The molecule has 1 aromatic carbocycles. The van der Waals surface area contributed by atoms with E-state index in [1.54, 1.807) is 24.4 Å². The number of amides is 2. The second-order valence-electron chi connectivity index (χ2n) is 7.60. The van der Waals surface area contributed by atoms with Crippen LogP contribution < -0.4 is 15.0 Å². The van der Waals surface area contributed by atoms with Crippen molar-refractivity contribution in [3.8, 4) is 5.75 Å². The van der Waals surface area contributed by atoms with Gasteiger partial charge in [-0.25, -0.2) is 0 Å². The van der Waals surface area contributed by atoms with Crippen molar-refractivity contribution in [1.29, 1.82) is 0 Å². The zero-order chi connectivity index (χ0) is 20.0. The lowest BCUT2D eigenvalue weighted by atomic mass is 9.77. The smallest absolute Gasteiger partial charge is 0.234 e. The van der Waals surface area contributed by atoms with Gasteiger partial charge in [-0.3, -0.25) is 14.6 Å². The van der Waals surface area contributed by atoms with E-state index in [0.29, 0.717) is 13.1 Å². The van der Waals surface area contributed by atoms with Gasteiger partial charge in [0.1, 0.15) is 11.4 Å². The van der Waals surface area contributed by atoms with Gasteiger partial charge in [-0.15, -0.1) is 0 Å². The van der Waals surface area contributed by atoms with Crippen LogP contribution in [-0.2, 0) is 20.9 Å². The van der Waals surface area contributed by atoms with Gasteiger partial charge in [0, 0.05) is 24.6 Å². The molecule has 1 aromatic heterocycles. The van der Waals surface area contributed by atoms with Gasteiger partial charge in [0.2, 0.25) is 11.8 Å². The van der Waals surface area contributed by atoms with Crippen LogP contribution in [0.15, 0.2) is 60.9 Å². The minimum absolute atomic E-state index is 0.0777. The first-order chi connectivity index (χ1) is 14.1. The Morgan fingerprint density at radius 2 is 2.03 bits per heavy atom. The summed E-state index contributed by atoms with van der Waals surface area (Å²) in [4.78, 5) is 32.0. The van der Waals surface area contributed by atoms with Gasteiger partial charge >= 0.3 is 0 Å². The lowest BCUT2D eigenvalue weighted by molar-refractivity contribution is -0.132. The molecule has 7 nitrogen and oxygen atoms in total. The molecule has 0 aliphatic carbocycles. The van der Waals surface area contributed by atoms with Crippen LogP contribution >= 0.6 is 0 Å². The molecule has 1 N–H and O–H groups in total. The van der Waals surface area contributed by atoms with Crippen molar-refractivity contribution in [2.24, 2.45) is 11.8 Å². The Morgan fingerprint density at radius 1 is 1.28 bits per heavy atom. The lowest BCUT2D eigenvalue weighted by Crippen LogP contribution is -2.43. The van der Waals surface area contributed by atoms with E-state index in [-0.39, 0.29) is 17.9 Å². The third kappa shape index (κ3) is 2.81. The summed E-state index contributed by atoms with van der Waals surface area (Å²) in [6.07, 6.45) is 6.88. The minimum atomic E-state index is -0.736. The molecular formula is C22H21N3O4. The van der Waals surface area contributed by atoms with Crippen molar-refractivity contribution >= 4 is 17.5 Å². The summed E-state index contributed by atoms with van der Waals surface area (Å²) in [5.74, 6) is -0.558. The Bertz CT molecular complexity index is 975. The molecule has 2 aromatic rings. The number of fused-ring (bicyclic) bond motifs is 1. The average molecular weight is 391 g/mol. The number of pyridine rings is 1. The van der Waals surface area contributed by atoms with Crippen LogP contribution in [0.4, 0.5) is 5.69 Å². The van der Waals surface area contributed by atoms with E-state index in [1.165, 1.54) is 0 Å². The van der Waals surface area contributed by atoms with E-state index in [4.69, 9.17) is 9.47 Å². The van der Waals surface area contributed by atoms with Gasteiger partial charge in [0.05, 0.1) is 31.6 Å². The topological polar surface area (TPSA) is 80.8 Å². The number of carbonyl (C=O) groups excluding carboxylic acids is 2. The van der Waals surface area contributed by atoms with Gasteiger partial charge in [0.25, 0.3) is 0 Å². The van der Waals surface area contributed by atoms with E-state index in [1.807, 2.05) is 48.6 Å². The third-order valence-corrected chi connectivity index (χ3v) is 6.00. The number of carbonyl (C=O) groups is 2. The van der Waals surface area contributed by atoms with Crippen LogP contribution in [0.2, 0.25) is 0 Å².